The first-order valence-electron chi connectivity index (χ1n) is 6.36. The number of hydrogen-bond acceptors (Lipinski definition) is 1. The van der Waals surface area contributed by atoms with Crippen LogP contribution < -0.4 is 5.32 Å². The first-order chi connectivity index (χ1) is 9.58. The summed E-state index contributed by atoms with van der Waals surface area (Å²) < 4.78 is 1.87. The van der Waals surface area contributed by atoms with Crippen molar-refractivity contribution in [2.45, 2.75) is 12.8 Å². The molecule has 1 atom stereocenters. The van der Waals surface area contributed by atoms with Crippen LogP contribution in [0.25, 0.3) is 0 Å². The Kier molecular flexibility index (Phi) is 5.60. The summed E-state index contributed by atoms with van der Waals surface area (Å²) in [7, 11) is 0. The molecule has 0 saturated heterocycles. The van der Waals surface area contributed by atoms with E-state index in [4.69, 9.17) is 0 Å². The number of carbonyl (C=O) groups excluding carboxylic acids is 1. The zero-order valence-electron chi connectivity index (χ0n) is 11.1. The molecule has 2 aromatic rings. The Labute approximate surface area is 141 Å². The molecule has 104 valence electrons. The van der Waals surface area contributed by atoms with Crippen molar-refractivity contribution in [2.24, 2.45) is 0 Å². The average molecular weight is 444 g/mol. The van der Waals surface area contributed by atoms with E-state index in [-0.39, 0.29) is 5.91 Å². The van der Waals surface area contributed by atoms with Crippen molar-refractivity contribution >= 4 is 44.4 Å². The van der Waals surface area contributed by atoms with Gasteiger partial charge in [0.1, 0.15) is 0 Å². The number of hydrogen-bond donors (Lipinski definition) is 1. The van der Waals surface area contributed by atoms with Gasteiger partial charge in [0.2, 0.25) is 0 Å². The molecule has 0 heterocycles. The van der Waals surface area contributed by atoms with Crippen LogP contribution in [0.2, 0.25) is 0 Å². The van der Waals surface area contributed by atoms with Gasteiger partial charge in [0, 0.05) is 14.6 Å². The quantitative estimate of drug-likeness (QED) is 0.688. The Bertz CT molecular complexity index is 601. The van der Waals surface area contributed by atoms with E-state index in [2.05, 4.69) is 62.9 Å². The second-order valence-corrected chi connectivity index (χ2v) is 6.72. The summed E-state index contributed by atoms with van der Waals surface area (Å²) in [6.07, 6.45) is 0. The van der Waals surface area contributed by atoms with Gasteiger partial charge in [-0.15, -0.1) is 0 Å². The highest BCUT2D eigenvalue weighted by atomic mass is 127. The molecule has 0 radical (unpaired) electrons. The third kappa shape index (κ3) is 4.06. The Morgan fingerprint density at radius 3 is 2.65 bits per heavy atom. The lowest BCUT2D eigenvalue weighted by Gasteiger charge is -2.13. The molecule has 0 spiro atoms. The third-order valence-corrected chi connectivity index (χ3v) is 4.54. The summed E-state index contributed by atoms with van der Waals surface area (Å²) >= 11 is 5.58. The zero-order valence-corrected chi connectivity index (χ0v) is 14.8. The van der Waals surface area contributed by atoms with Gasteiger partial charge in [0.15, 0.2) is 0 Å². The van der Waals surface area contributed by atoms with Gasteiger partial charge in [-0.1, -0.05) is 53.2 Å². The lowest BCUT2D eigenvalue weighted by atomic mass is 10.0. The first kappa shape index (κ1) is 15.5. The topological polar surface area (TPSA) is 29.1 Å². The zero-order chi connectivity index (χ0) is 14.5. The fourth-order valence-corrected chi connectivity index (χ4v) is 2.85. The number of carbonyl (C=O) groups is 1. The van der Waals surface area contributed by atoms with Crippen LogP contribution in [0.1, 0.15) is 28.8 Å². The minimum Gasteiger partial charge on any atom is -0.351 e. The molecular formula is C16H15BrINO. The van der Waals surface area contributed by atoms with Crippen LogP contribution in [-0.2, 0) is 0 Å². The van der Waals surface area contributed by atoms with Gasteiger partial charge in [0.05, 0.1) is 5.56 Å². The maximum atomic E-state index is 12.2. The van der Waals surface area contributed by atoms with Gasteiger partial charge in [-0.2, -0.15) is 0 Å². The van der Waals surface area contributed by atoms with Crippen molar-refractivity contribution in [3.63, 3.8) is 0 Å². The van der Waals surface area contributed by atoms with Crippen LogP contribution in [-0.4, -0.2) is 12.5 Å². The molecule has 1 N–H and O–H groups in total. The summed E-state index contributed by atoms with van der Waals surface area (Å²) in [6.45, 7) is 2.74. The van der Waals surface area contributed by atoms with E-state index in [1.807, 2.05) is 36.4 Å². The van der Waals surface area contributed by atoms with Crippen LogP contribution >= 0.6 is 38.5 Å². The van der Waals surface area contributed by atoms with E-state index in [0.29, 0.717) is 18.0 Å². The standard InChI is InChI=1S/C16H15BrINO/c1-11(12-5-3-2-4-6-12)10-19-16(20)14-9-13(17)7-8-15(14)18/h2-9,11H,10H2,1H3,(H,19,20). The van der Waals surface area contributed by atoms with Gasteiger partial charge in [-0.3, -0.25) is 4.79 Å². The first-order valence-corrected chi connectivity index (χ1v) is 8.23. The molecule has 2 nitrogen and oxygen atoms in total. The minimum atomic E-state index is -0.0292. The normalized spacial score (nSPS) is 11.9. The molecule has 0 aliphatic rings. The monoisotopic (exact) mass is 443 g/mol. The molecule has 1 unspecified atom stereocenters. The van der Waals surface area contributed by atoms with Crippen molar-refractivity contribution in [3.05, 3.63) is 67.7 Å². The maximum Gasteiger partial charge on any atom is 0.252 e. The van der Waals surface area contributed by atoms with Gasteiger partial charge in [0.25, 0.3) is 5.91 Å². The summed E-state index contributed by atoms with van der Waals surface area (Å²) in [5, 5.41) is 3.00. The molecule has 1 amide bonds. The molecule has 0 aliphatic heterocycles. The third-order valence-electron chi connectivity index (χ3n) is 3.11. The number of rotatable bonds is 4. The number of halogens is 2. The van der Waals surface area contributed by atoms with Crippen molar-refractivity contribution in [3.8, 4) is 0 Å². The number of nitrogens with one attached hydrogen (secondary N) is 1. The van der Waals surface area contributed by atoms with Crippen LogP contribution in [0, 0.1) is 3.57 Å². The Balaban J connectivity index is 2.00. The van der Waals surface area contributed by atoms with Crippen LogP contribution in [0.4, 0.5) is 0 Å². The SMILES string of the molecule is CC(CNC(=O)c1cc(Br)ccc1I)c1ccccc1. The van der Waals surface area contributed by atoms with Gasteiger partial charge >= 0.3 is 0 Å². The minimum absolute atomic E-state index is 0.0292. The maximum absolute atomic E-state index is 12.2. The molecule has 4 heteroatoms. The second kappa shape index (κ2) is 7.22. The predicted molar refractivity (Wildman–Crippen MR) is 94.0 cm³/mol. The molecule has 0 saturated carbocycles. The fraction of sp³-hybridized carbons (Fsp3) is 0.188. The highest BCUT2D eigenvalue weighted by Gasteiger charge is 2.12. The van der Waals surface area contributed by atoms with Gasteiger partial charge < -0.3 is 5.32 Å². The van der Waals surface area contributed by atoms with Crippen molar-refractivity contribution in [2.75, 3.05) is 6.54 Å². The summed E-state index contributed by atoms with van der Waals surface area (Å²) in [6, 6.07) is 15.9. The highest BCUT2D eigenvalue weighted by molar-refractivity contribution is 14.1. The molecule has 0 bridgehead atoms. The molecule has 20 heavy (non-hydrogen) atoms. The molecule has 2 rings (SSSR count). The van der Waals surface area contributed by atoms with Crippen LogP contribution in [0.5, 0.6) is 0 Å². The summed E-state index contributed by atoms with van der Waals surface area (Å²) in [5.41, 5.74) is 1.94. The smallest absolute Gasteiger partial charge is 0.252 e. The number of amides is 1. The summed E-state index contributed by atoms with van der Waals surface area (Å²) in [4.78, 5) is 12.2. The van der Waals surface area contributed by atoms with E-state index in [1.165, 1.54) is 5.56 Å². The van der Waals surface area contributed by atoms with E-state index in [0.717, 1.165) is 8.04 Å². The van der Waals surface area contributed by atoms with Gasteiger partial charge in [-0.25, -0.2) is 0 Å². The van der Waals surface area contributed by atoms with E-state index in [1.54, 1.807) is 0 Å². The van der Waals surface area contributed by atoms with E-state index >= 15 is 0 Å². The number of benzene rings is 2. The van der Waals surface area contributed by atoms with Crippen molar-refractivity contribution in [1.82, 2.24) is 5.32 Å². The van der Waals surface area contributed by atoms with E-state index < -0.39 is 0 Å². The molecule has 0 aliphatic carbocycles. The predicted octanol–water partition coefficient (Wildman–Crippen LogP) is 4.59. The lowest BCUT2D eigenvalue weighted by molar-refractivity contribution is 0.0950. The van der Waals surface area contributed by atoms with Gasteiger partial charge in [-0.05, 0) is 52.3 Å². The largest absolute Gasteiger partial charge is 0.351 e. The lowest BCUT2D eigenvalue weighted by Crippen LogP contribution is -2.28. The molecule has 0 aromatic heterocycles. The van der Waals surface area contributed by atoms with Crippen molar-refractivity contribution in [1.29, 1.82) is 0 Å². The van der Waals surface area contributed by atoms with E-state index in [9.17, 15) is 4.79 Å². The second-order valence-electron chi connectivity index (χ2n) is 4.65. The molecule has 2 aromatic carbocycles. The molecular weight excluding hydrogens is 429 g/mol. The average Bonchev–Trinajstić information content (AvgIpc) is 2.47. The van der Waals surface area contributed by atoms with Crippen LogP contribution in [0.3, 0.4) is 0 Å². The Morgan fingerprint density at radius 1 is 1.25 bits per heavy atom. The summed E-state index contributed by atoms with van der Waals surface area (Å²) in [5.74, 6) is 0.267. The Morgan fingerprint density at radius 2 is 1.95 bits per heavy atom. The Hall–Kier alpha value is -0.880. The fourth-order valence-electron chi connectivity index (χ4n) is 1.91. The molecule has 0 fully saturated rings. The van der Waals surface area contributed by atoms with Crippen molar-refractivity contribution < 1.29 is 4.79 Å². The van der Waals surface area contributed by atoms with Crippen LogP contribution in [0.15, 0.2) is 53.0 Å². The highest BCUT2D eigenvalue weighted by Crippen LogP contribution is 2.19.